The van der Waals surface area contributed by atoms with E-state index >= 15 is 0 Å². The molecule has 1 heterocycles. The molecule has 3 aromatic carbocycles. The van der Waals surface area contributed by atoms with E-state index in [2.05, 4.69) is 5.32 Å². The van der Waals surface area contributed by atoms with Crippen LogP contribution in [0.15, 0.2) is 60.2 Å². The van der Waals surface area contributed by atoms with E-state index in [-0.39, 0.29) is 28.5 Å². The quantitative estimate of drug-likeness (QED) is 0.107. The number of hydrogen-bond acceptors (Lipinski definition) is 10. The highest BCUT2D eigenvalue weighted by Gasteiger charge is 2.37. The molecule has 0 aliphatic carbocycles. The first-order valence-corrected chi connectivity index (χ1v) is 12.7. The van der Waals surface area contributed by atoms with E-state index in [0.717, 1.165) is 23.1 Å². The molecule has 0 saturated carbocycles. The molecule has 0 atom stereocenters. The minimum absolute atomic E-state index is 0.0535. The monoisotopic (exact) mass is 674 g/mol. The lowest BCUT2D eigenvalue weighted by Gasteiger charge is -2.26. The number of non-ortho nitro benzene ring substituents is 1. The number of nitrogens with one attached hydrogen (secondary N) is 1. The normalized spacial score (nSPS) is 14.1. The van der Waals surface area contributed by atoms with E-state index in [9.17, 15) is 34.6 Å². The van der Waals surface area contributed by atoms with E-state index < -0.39 is 39.1 Å². The summed E-state index contributed by atoms with van der Waals surface area (Å²) in [5.41, 5.74) is -0.921. The molecule has 210 valence electrons. The number of hydrogen-bond donors (Lipinski definition) is 1. The van der Waals surface area contributed by atoms with Gasteiger partial charge in [0.05, 0.1) is 38.9 Å². The van der Waals surface area contributed by atoms with Gasteiger partial charge < -0.3 is 14.2 Å². The number of rotatable bonds is 9. The summed E-state index contributed by atoms with van der Waals surface area (Å²) in [7, 11) is 1.31. The maximum atomic E-state index is 13.3. The fourth-order valence-electron chi connectivity index (χ4n) is 3.80. The molecule has 0 aromatic heterocycles. The summed E-state index contributed by atoms with van der Waals surface area (Å²) in [6.07, 6.45) is 1.26. The number of amides is 4. The Morgan fingerprint density at radius 1 is 0.976 bits per heavy atom. The van der Waals surface area contributed by atoms with Gasteiger partial charge in [-0.3, -0.25) is 35.1 Å². The van der Waals surface area contributed by atoms with Crippen LogP contribution in [-0.4, -0.2) is 41.4 Å². The van der Waals surface area contributed by atoms with Gasteiger partial charge in [0.1, 0.15) is 11.3 Å². The highest BCUT2D eigenvalue weighted by molar-refractivity contribution is 14.1. The van der Waals surface area contributed by atoms with Gasteiger partial charge in [0.15, 0.2) is 11.5 Å². The maximum absolute atomic E-state index is 13.3. The number of nitrogens with zero attached hydrogens (tertiary/aromatic N) is 3. The Morgan fingerprint density at radius 2 is 1.68 bits per heavy atom. The molecule has 41 heavy (non-hydrogen) atoms. The van der Waals surface area contributed by atoms with Crippen LogP contribution in [0, 0.1) is 23.8 Å². The molecule has 0 radical (unpaired) electrons. The fourth-order valence-corrected chi connectivity index (χ4v) is 4.53. The predicted octanol–water partition coefficient (Wildman–Crippen LogP) is 4.97. The topological polar surface area (TPSA) is 180 Å². The summed E-state index contributed by atoms with van der Waals surface area (Å²) < 4.78 is 16.9. The largest absolute Gasteiger partial charge is 0.494 e. The number of barbiturate groups is 1. The van der Waals surface area contributed by atoms with Crippen LogP contribution in [0.25, 0.3) is 6.08 Å². The van der Waals surface area contributed by atoms with Crippen molar-refractivity contribution in [2.24, 2.45) is 0 Å². The van der Waals surface area contributed by atoms with E-state index in [1.54, 1.807) is 12.1 Å². The summed E-state index contributed by atoms with van der Waals surface area (Å²) >= 11 is 1.87. The van der Waals surface area contributed by atoms with Gasteiger partial charge in [0.25, 0.3) is 17.5 Å². The molecule has 1 fully saturated rings. The number of carbonyl (C=O) groups is 3. The zero-order valence-corrected chi connectivity index (χ0v) is 23.4. The molecule has 15 heteroatoms. The number of benzene rings is 3. The Morgan fingerprint density at radius 3 is 2.29 bits per heavy atom. The van der Waals surface area contributed by atoms with Crippen LogP contribution in [0.4, 0.5) is 21.9 Å². The molecule has 3 aromatic rings. The molecular weight excluding hydrogens is 655 g/mol. The summed E-state index contributed by atoms with van der Waals surface area (Å²) in [5.74, 6) is -1.36. The lowest BCUT2D eigenvalue weighted by Crippen LogP contribution is -2.54. The van der Waals surface area contributed by atoms with Gasteiger partial charge in [-0.25, -0.2) is 9.69 Å². The number of nitro benzene ring substituents is 2. The zero-order valence-electron chi connectivity index (χ0n) is 21.3. The standard InChI is InChI=1S/C26H19IN4O10/c1-3-40-17-7-4-15(5-8-17)29-25(33)18(24(32)28-26(29)34)10-14-11-19(27)23(22(12-14)39-2)41-21-9-6-16(30(35)36)13-20(21)31(37)38/h4-13H,3H2,1-2H3,(H,28,32,34)/b18-10+. The molecule has 4 rings (SSSR count). The molecule has 1 N–H and O–H groups in total. The second kappa shape index (κ2) is 12.0. The molecule has 1 saturated heterocycles. The number of anilines is 1. The number of urea groups is 1. The Labute approximate surface area is 244 Å². The second-order valence-electron chi connectivity index (χ2n) is 8.19. The van der Waals surface area contributed by atoms with Crippen LogP contribution in [0.3, 0.4) is 0 Å². The highest BCUT2D eigenvalue weighted by atomic mass is 127. The van der Waals surface area contributed by atoms with Crippen molar-refractivity contribution in [1.29, 1.82) is 0 Å². The Bertz CT molecular complexity index is 1620. The molecule has 1 aliphatic heterocycles. The van der Waals surface area contributed by atoms with E-state index in [1.807, 2.05) is 29.5 Å². The number of methoxy groups -OCH3 is 1. The highest BCUT2D eigenvalue weighted by Crippen LogP contribution is 2.41. The van der Waals surface area contributed by atoms with Crippen LogP contribution in [0.5, 0.6) is 23.0 Å². The Hall–Kier alpha value is -5.06. The van der Waals surface area contributed by atoms with Crippen molar-refractivity contribution in [2.45, 2.75) is 6.92 Å². The minimum Gasteiger partial charge on any atom is -0.494 e. The van der Waals surface area contributed by atoms with Crippen molar-refractivity contribution in [3.05, 3.63) is 89.5 Å². The lowest BCUT2D eigenvalue weighted by atomic mass is 10.1. The van der Waals surface area contributed by atoms with Crippen LogP contribution in [-0.2, 0) is 9.59 Å². The first-order valence-electron chi connectivity index (χ1n) is 11.7. The summed E-state index contributed by atoms with van der Waals surface area (Å²) in [6.45, 7) is 2.24. The third kappa shape index (κ3) is 6.08. The molecule has 0 bridgehead atoms. The average molecular weight is 674 g/mol. The van der Waals surface area contributed by atoms with Gasteiger partial charge in [-0.1, -0.05) is 0 Å². The van der Waals surface area contributed by atoms with Gasteiger partial charge in [-0.05, 0) is 83.6 Å². The number of imide groups is 2. The van der Waals surface area contributed by atoms with E-state index in [0.29, 0.717) is 21.5 Å². The SMILES string of the molecule is CCOc1ccc(N2C(=O)NC(=O)/C(=C\c3cc(I)c(Oc4ccc([N+](=O)[O-])cc4[N+](=O)[O-])c(OC)c3)C2=O)cc1. The number of carbonyl (C=O) groups excluding carboxylic acids is 3. The van der Waals surface area contributed by atoms with Gasteiger partial charge in [0, 0.05) is 6.07 Å². The first-order chi connectivity index (χ1) is 19.5. The maximum Gasteiger partial charge on any atom is 0.335 e. The Kier molecular flexibility index (Phi) is 8.46. The molecule has 0 unspecified atom stereocenters. The van der Waals surface area contributed by atoms with Crippen molar-refractivity contribution in [1.82, 2.24) is 5.32 Å². The van der Waals surface area contributed by atoms with Crippen molar-refractivity contribution in [3.63, 3.8) is 0 Å². The summed E-state index contributed by atoms with van der Waals surface area (Å²) in [5, 5.41) is 24.7. The summed E-state index contributed by atoms with van der Waals surface area (Å²) in [6, 6.07) is 11.1. The molecule has 4 amide bonds. The number of halogens is 1. The molecular formula is C26H19IN4O10. The zero-order chi connectivity index (χ0) is 29.8. The van der Waals surface area contributed by atoms with Crippen LogP contribution in [0.2, 0.25) is 0 Å². The minimum atomic E-state index is -0.915. The van der Waals surface area contributed by atoms with E-state index in [1.165, 1.54) is 37.5 Å². The average Bonchev–Trinajstić information content (AvgIpc) is 2.93. The van der Waals surface area contributed by atoms with Crippen molar-refractivity contribution < 1.29 is 38.4 Å². The van der Waals surface area contributed by atoms with Crippen LogP contribution >= 0.6 is 22.6 Å². The third-order valence-corrected chi connectivity index (χ3v) is 6.43. The molecule has 0 spiro atoms. The number of ether oxygens (including phenoxy) is 3. The third-order valence-electron chi connectivity index (χ3n) is 5.63. The fraction of sp³-hybridized carbons (Fsp3) is 0.115. The summed E-state index contributed by atoms with van der Waals surface area (Å²) in [4.78, 5) is 60.2. The number of nitro groups is 2. The molecule has 1 aliphatic rings. The van der Waals surface area contributed by atoms with Gasteiger partial charge in [-0.2, -0.15) is 0 Å². The molecule has 14 nitrogen and oxygen atoms in total. The van der Waals surface area contributed by atoms with Crippen LogP contribution < -0.4 is 24.4 Å². The van der Waals surface area contributed by atoms with Crippen molar-refractivity contribution >= 4 is 63.6 Å². The van der Waals surface area contributed by atoms with Crippen molar-refractivity contribution in [2.75, 3.05) is 18.6 Å². The van der Waals surface area contributed by atoms with Crippen molar-refractivity contribution in [3.8, 4) is 23.0 Å². The smallest absolute Gasteiger partial charge is 0.335 e. The van der Waals surface area contributed by atoms with Gasteiger partial charge in [0.2, 0.25) is 5.75 Å². The van der Waals surface area contributed by atoms with Crippen LogP contribution in [0.1, 0.15) is 12.5 Å². The first kappa shape index (κ1) is 28.9. The van der Waals surface area contributed by atoms with Gasteiger partial charge in [-0.15, -0.1) is 0 Å². The Balaban J connectivity index is 1.69. The lowest BCUT2D eigenvalue weighted by molar-refractivity contribution is -0.394. The van der Waals surface area contributed by atoms with E-state index in [4.69, 9.17) is 14.2 Å². The van der Waals surface area contributed by atoms with Gasteiger partial charge >= 0.3 is 11.7 Å². The predicted molar refractivity (Wildman–Crippen MR) is 152 cm³/mol. The second-order valence-corrected chi connectivity index (χ2v) is 9.35.